The minimum absolute atomic E-state index is 0.271. The Morgan fingerprint density at radius 2 is 2.38 bits per heavy atom. The first kappa shape index (κ1) is 9.21. The zero-order valence-corrected chi connectivity index (χ0v) is 8.40. The van der Waals surface area contributed by atoms with Crippen molar-refractivity contribution in [1.29, 1.82) is 0 Å². The number of carbonyl (C=O) groups is 1. The van der Waals surface area contributed by atoms with E-state index in [1.165, 1.54) is 23.6 Å². The van der Waals surface area contributed by atoms with Crippen molar-refractivity contribution in [3.8, 4) is 0 Å². The first-order valence-electron chi connectivity index (χ1n) is 4.77. The Kier molecular flexibility index (Phi) is 2.69. The minimum Gasteiger partial charge on any atom is -0.481 e. The number of aliphatic carboxylic acids is 1. The lowest BCUT2D eigenvalue weighted by atomic mass is 10.4. The van der Waals surface area contributed by atoms with Crippen LogP contribution in [0.25, 0.3) is 0 Å². The molecule has 4 heteroatoms. The lowest BCUT2D eigenvalue weighted by molar-refractivity contribution is -0.136. The normalized spacial score (nSPS) is 28.0. The molecular weight excluding hydrogens is 186 g/mol. The second-order valence-electron chi connectivity index (χ2n) is 3.61. The molecular formula is C9H15NO2S. The number of carboxylic acid groups (broad SMARTS) is 1. The van der Waals surface area contributed by atoms with Gasteiger partial charge in [0.25, 0.3) is 0 Å². The molecule has 0 aromatic rings. The van der Waals surface area contributed by atoms with E-state index in [1.807, 2.05) is 0 Å². The molecule has 2 aliphatic rings. The van der Waals surface area contributed by atoms with Gasteiger partial charge in [0.05, 0.1) is 6.42 Å². The summed E-state index contributed by atoms with van der Waals surface area (Å²) in [5, 5.41) is 12.0. The highest BCUT2D eigenvalue weighted by Crippen LogP contribution is 2.36. The molecule has 1 atom stereocenters. The summed E-state index contributed by atoms with van der Waals surface area (Å²) in [6.45, 7) is 1.06. The van der Waals surface area contributed by atoms with E-state index >= 15 is 0 Å². The maximum absolute atomic E-state index is 10.4. The number of carboxylic acids is 1. The average Bonchev–Trinajstić information content (AvgIpc) is 2.82. The average molecular weight is 201 g/mol. The van der Waals surface area contributed by atoms with Crippen molar-refractivity contribution in [3.63, 3.8) is 0 Å². The van der Waals surface area contributed by atoms with Gasteiger partial charge in [-0.1, -0.05) is 0 Å². The SMILES string of the molecule is O=C(O)CCS1=C(C2CC2)NCC1. The Balaban J connectivity index is 1.94. The monoisotopic (exact) mass is 201 g/mol. The summed E-state index contributed by atoms with van der Waals surface area (Å²) in [7, 11) is 0.271. The largest absolute Gasteiger partial charge is 0.481 e. The summed E-state index contributed by atoms with van der Waals surface area (Å²) in [5.74, 6) is 2.15. The van der Waals surface area contributed by atoms with Gasteiger partial charge < -0.3 is 5.11 Å². The van der Waals surface area contributed by atoms with Gasteiger partial charge in [0.1, 0.15) is 0 Å². The minimum atomic E-state index is -0.658. The van der Waals surface area contributed by atoms with Crippen LogP contribution in [0.5, 0.6) is 0 Å². The van der Waals surface area contributed by atoms with Crippen LogP contribution in [0.4, 0.5) is 0 Å². The van der Waals surface area contributed by atoms with Crippen molar-refractivity contribution < 1.29 is 9.90 Å². The number of nitrogens with one attached hydrogen (secondary N) is 1. The summed E-state index contributed by atoms with van der Waals surface area (Å²) in [4.78, 5) is 11.9. The van der Waals surface area contributed by atoms with Crippen molar-refractivity contribution in [2.75, 3.05) is 18.1 Å². The zero-order valence-electron chi connectivity index (χ0n) is 7.58. The van der Waals surface area contributed by atoms with Gasteiger partial charge in [-0.15, -0.1) is 0 Å². The number of hydrogen-bond donors (Lipinski definition) is 2. The van der Waals surface area contributed by atoms with Gasteiger partial charge in [-0.3, -0.25) is 10.1 Å². The molecule has 3 nitrogen and oxygen atoms in total. The molecule has 0 amide bonds. The Hall–Kier alpha value is -0.350. The molecule has 74 valence electrons. The topological polar surface area (TPSA) is 49.3 Å². The second-order valence-corrected chi connectivity index (χ2v) is 5.85. The predicted molar refractivity (Wildman–Crippen MR) is 55.3 cm³/mol. The summed E-state index contributed by atoms with van der Waals surface area (Å²) in [6, 6.07) is 0. The van der Waals surface area contributed by atoms with Crippen LogP contribution in [-0.2, 0) is 4.79 Å². The van der Waals surface area contributed by atoms with Gasteiger partial charge in [0.2, 0.25) is 0 Å². The van der Waals surface area contributed by atoms with Crippen LogP contribution < -0.4 is 5.32 Å². The molecule has 0 bridgehead atoms. The molecule has 1 unspecified atom stereocenters. The van der Waals surface area contributed by atoms with Gasteiger partial charge in [-0.25, -0.2) is 0 Å². The van der Waals surface area contributed by atoms with E-state index in [-0.39, 0.29) is 10.5 Å². The van der Waals surface area contributed by atoms with Crippen molar-refractivity contribution in [2.24, 2.45) is 5.92 Å². The molecule has 0 radical (unpaired) electrons. The molecule has 1 fully saturated rings. The van der Waals surface area contributed by atoms with Crippen LogP contribution >= 0.6 is 10.5 Å². The molecule has 0 spiro atoms. The van der Waals surface area contributed by atoms with Crippen molar-refractivity contribution in [1.82, 2.24) is 5.32 Å². The molecule has 1 heterocycles. The molecule has 2 rings (SSSR count). The lowest BCUT2D eigenvalue weighted by Crippen LogP contribution is -2.20. The van der Waals surface area contributed by atoms with Crippen LogP contribution in [0.15, 0.2) is 0 Å². The van der Waals surface area contributed by atoms with Crippen LogP contribution in [0.2, 0.25) is 0 Å². The summed E-state index contributed by atoms with van der Waals surface area (Å²) in [5.41, 5.74) is 0. The Morgan fingerprint density at radius 1 is 1.62 bits per heavy atom. The van der Waals surface area contributed by atoms with E-state index in [4.69, 9.17) is 5.11 Å². The maximum Gasteiger partial charge on any atom is 0.304 e. The number of rotatable bonds is 4. The fourth-order valence-corrected chi connectivity index (χ4v) is 4.08. The van der Waals surface area contributed by atoms with Crippen LogP contribution in [0.1, 0.15) is 19.3 Å². The Bertz CT molecular complexity index is 258. The van der Waals surface area contributed by atoms with Gasteiger partial charge in [0.15, 0.2) is 0 Å². The summed E-state index contributed by atoms with van der Waals surface area (Å²) < 4.78 is 0. The third kappa shape index (κ3) is 2.31. The lowest BCUT2D eigenvalue weighted by Gasteiger charge is -2.05. The third-order valence-electron chi connectivity index (χ3n) is 2.47. The molecule has 2 N–H and O–H groups in total. The Morgan fingerprint density at radius 3 is 3.00 bits per heavy atom. The zero-order chi connectivity index (χ0) is 9.26. The third-order valence-corrected chi connectivity index (χ3v) is 4.96. The van der Waals surface area contributed by atoms with Crippen LogP contribution in [0, 0.1) is 5.92 Å². The van der Waals surface area contributed by atoms with E-state index in [9.17, 15) is 4.79 Å². The highest BCUT2D eigenvalue weighted by molar-refractivity contribution is 8.16. The second kappa shape index (κ2) is 3.80. The fraction of sp³-hybridized carbons (Fsp3) is 0.778. The van der Waals surface area contributed by atoms with Gasteiger partial charge >= 0.3 is 5.97 Å². The predicted octanol–water partition coefficient (Wildman–Crippen LogP) is 0.873. The van der Waals surface area contributed by atoms with Crippen LogP contribution in [0.3, 0.4) is 0 Å². The van der Waals surface area contributed by atoms with Gasteiger partial charge in [-0.2, -0.15) is 10.5 Å². The van der Waals surface area contributed by atoms with E-state index in [2.05, 4.69) is 5.32 Å². The van der Waals surface area contributed by atoms with Gasteiger partial charge in [-0.05, 0) is 24.5 Å². The highest BCUT2D eigenvalue weighted by Gasteiger charge is 2.30. The maximum atomic E-state index is 10.4. The fourth-order valence-electron chi connectivity index (χ4n) is 1.66. The highest BCUT2D eigenvalue weighted by atomic mass is 32.2. The van der Waals surface area contributed by atoms with E-state index in [1.54, 1.807) is 0 Å². The summed E-state index contributed by atoms with van der Waals surface area (Å²) in [6.07, 6.45) is 2.97. The smallest absolute Gasteiger partial charge is 0.304 e. The molecule has 0 aromatic carbocycles. The molecule has 1 saturated carbocycles. The van der Waals surface area contributed by atoms with Crippen molar-refractivity contribution in [3.05, 3.63) is 0 Å². The van der Waals surface area contributed by atoms with Crippen molar-refractivity contribution in [2.45, 2.75) is 19.3 Å². The molecule has 1 aliphatic heterocycles. The Labute approximate surface area is 80.4 Å². The van der Waals surface area contributed by atoms with E-state index in [0.29, 0.717) is 6.42 Å². The van der Waals surface area contributed by atoms with Gasteiger partial charge in [0, 0.05) is 17.3 Å². The first-order valence-corrected chi connectivity index (χ1v) is 6.33. The van der Waals surface area contributed by atoms with E-state index in [0.717, 1.165) is 18.2 Å². The standard InChI is InChI=1S/C9H15NO2S/c11-8(12)3-5-13-6-4-10-9(13)7-1-2-7/h7,10H,1-6H2,(H,11,12). The quantitative estimate of drug-likeness (QED) is 0.664. The molecule has 1 aliphatic carbocycles. The molecule has 0 aromatic heterocycles. The molecule has 0 saturated heterocycles. The first-order chi connectivity index (χ1) is 6.27. The van der Waals surface area contributed by atoms with Crippen molar-refractivity contribution >= 4 is 21.4 Å². The van der Waals surface area contributed by atoms with Crippen LogP contribution in [-0.4, -0.2) is 34.1 Å². The number of hydrogen-bond acceptors (Lipinski definition) is 2. The molecule has 13 heavy (non-hydrogen) atoms. The van der Waals surface area contributed by atoms with E-state index < -0.39 is 5.97 Å². The summed E-state index contributed by atoms with van der Waals surface area (Å²) >= 11 is 0.